The molecule has 0 aliphatic rings. The summed E-state index contributed by atoms with van der Waals surface area (Å²) in [6.07, 6.45) is 60.2. The highest BCUT2D eigenvalue weighted by Gasteiger charge is 2.24. The maximum atomic E-state index is 12.5. The number of unbranched alkanes of at least 4 members (excludes halogenated alkanes) is 19. The molecule has 0 fully saturated rings. The van der Waals surface area contributed by atoms with E-state index in [1.54, 1.807) is 0 Å². The molecule has 0 saturated carbocycles. The van der Waals surface area contributed by atoms with Gasteiger partial charge in [0.1, 0.15) is 0 Å². The lowest BCUT2D eigenvalue weighted by Gasteiger charge is -2.20. The molecule has 0 heterocycles. The molecule has 2 unspecified atom stereocenters. The Kier molecular flexibility index (Phi) is 39.3. The first-order valence-electron chi connectivity index (χ1n) is 22.3. The first-order valence-corrected chi connectivity index (χ1v) is 23.9. The summed E-state index contributed by atoms with van der Waals surface area (Å²) in [5.74, 6) is -1.09. The molecule has 0 rings (SSSR count). The Balaban J connectivity index is 4.01. The number of aliphatic hydroxyl groups is 1. The van der Waals surface area contributed by atoms with Gasteiger partial charge in [-0.2, -0.15) is 8.42 Å². The van der Waals surface area contributed by atoms with E-state index in [1.807, 2.05) is 18.2 Å². The number of aliphatic hydroxyl groups excluding tert-OH is 1. The Morgan fingerprint density at radius 2 is 0.873 bits per heavy atom. The Bertz CT molecular complexity index is 1180. The van der Waals surface area contributed by atoms with Crippen LogP contribution in [-0.4, -0.2) is 41.9 Å². The van der Waals surface area contributed by atoms with Crippen LogP contribution < -0.4 is 5.32 Å². The third-order valence-corrected chi connectivity index (χ3v) is 10.4. The zero-order chi connectivity index (χ0) is 40.3. The molecule has 0 bridgehead atoms. The van der Waals surface area contributed by atoms with Crippen molar-refractivity contribution < 1.29 is 22.9 Å². The Hall–Kier alpha value is -2.48. The van der Waals surface area contributed by atoms with Gasteiger partial charge < -0.3 is 10.4 Å². The number of hydrogen-bond donors (Lipinski definition) is 3. The molecular weight excluding hydrogens is 703 g/mol. The normalized spacial score (nSPS) is 14.0. The average molecular weight is 786 g/mol. The second-order valence-electron chi connectivity index (χ2n) is 14.9. The highest BCUT2D eigenvalue weighted by atomic mass is 32.2. The summed E-state index contributed by atoms with van der Waals surface area (Å²) in [6.45, 7) is 4.42. The lowest BCUT2D eigenvalue weighted by molar-refractivity contribution is -0.122. The van der Waals surface area contributed by atoms with E-state index in [9.17, 15) is 22.9 Å². The second kappa shape index (κ2) is 41.2. The van der Waals surface area contributed by atoms with Gasteiger partial charge in [-0.05, 0) is 57.8 Å². The number of amides is 1. The number of nitrogens with one attached hydrogen (secondary N) is 1. The van der Waals surface area contributed by atoms with Crippen LogP contribution in [0.1, 0.15) is 194 Å². The van der Waals surface area contributed by atoms with E-state index in [0.29, 0.717) is 6.42 Å². The molecule has 316 valence electrons. The van der Waals surface area contributed by atoms with Gasteiger partial charge in [-0.3, -0.25) is 9.35 Å². The van der Waals surface area contributed by atoms with Gasteiger partial charge in [0.05, 0.1) is 17.9 Å². The smallest absolute Gasteiger partial charge is 0.267 e. The summed E-state index contributed by atoms with van der Waals surface area (Å²) in [5, 5.41) is 13.2. The molecule has 0 aromatic carbocycles. The third-order valence-electron chi connectivity index (χ3n) is 9.59. The number of allylic oxidation sites excluding steroid dienone is 13. The van der Waals surface area contributed by atoms with Crippen molar-refractivity contribution in [3.8, 4) is 0 Å². The lowest BCUT2D eigenvalue weighted by atomic mass is 10.0. The van der Waals surface area contributed by atoms with E-state index in [2.05, 4.69) is 79.9 Å². The van der Waals surface area contributed by atoms with E-state index in [1.165, 1.54) is 115 Å². The maximum absolute atomic E-state index is 12.5. The Labute approximate surface area is 339 Å². The van der Waals surface area contributed by atoms with Gasteiger partial charge in [0, 0.05) is 6.42 Å². The van der Waals surface area contributed by atoms with Crippen LogP contribution in [0.2, 0.25) is 0 Å². The summed E-state index contributed by atoms with van der Waals surface area (Å²) in [4.78, 5) is 12.5. The van der Waals surface area contributed by atoms with Crippen molar-refractivity contribution in [3.05, 3.63) is 85.1 Å². The Morgan fingerprint density at radius 1 is 0.509 bits per heavy atom. The number of rotatable bonds is 39. The van der Waals surface area contributed by atoms with Crippen LogP contribution in [0.3, 0.4) is 0 Å². The molecule has 55 heavy (non-hydrogen) atoms. The molecule has 0 aliphatic heterocycles. The van der Waals surface area contributed by atoms with Crippen LogP contribution in [0.4, 0.5) is 0 Å². The number of carbonyl (C=O) groups excluding carboxylic acids is 1. The third kappa shape index (κ3) is 42.5. The monoisotopic (exact) mass is 786 g/mol. The molecule has 0 spiro atoms. The van der Waals surface area contributed by atoms with Crippen LogP contribution in [0.5, 0.6) is 0 Å². The zero-order valence-corrected chi connectivity index (χ0v) is 36.1. The van der Waals surface area contributed by atoms with Crippen molar-refractivity contribution in [2.45, 2.75) is 206 Å². The number of carbonyl (C=O) groups is 1. The van der Waals surface area contributed by atoms with Gasteiger partial charge in [0.2, 0.25) is 5.91 Å². The van der Waals surface area contributed by atoms with Crippen LogP contribution in [0, 0.1) is 0 Å². The van der Waals surface area contributed by atoms with E-state index < -0.39 is 28.0 Å². The minimum Gasteiger partial charge on any atom is -0.387 e. The molecule has 6 nitrogen and oxygen atoms in total. The SMILES string of the molecule is CC/C=C\C/C=C\C/C=C\C/C=C\C/C=C\C/C=C\CCC(=O)NC(CS(=O)(=O)O)C(O)/C=C/CCCCCCCCCCCCCCCCCCCCC. The minimum absolute atomic E-state index is 0.167. The quantitative estimate of drug-likeness (QED) is 0.0327. The van der Waals surface area contributed by atoms with Crippen LogP contribution in [-0.2, 0) is 14.9 Å². The fourth-order valence-corrected chi connectivity index (χ4v) is 7.03. The van der Waals surface area contributed by atoms with Crippen molar-refractivity contribution in [1.29, 1.82) is 0 Å². The summed E-state index contributed by atoms with van der Waals surface area (Å²) in [6, 6.07) is -1.10. The summed E-state index contributed by atoms with van der Waals surface area (Å²) >= 11 is 0. The van der Waals surface area contributed by atoms with Crippen molar-refractivity contribution in [2.24, 2.45) is 0 Å². The first kappa shape index (κ1) is 52.5. The second-order valence-corrected chi connectivity index (χ2v) is 16.4. The van der Waals surface area contributed by atoms with E-state index >= 15 is 0 Å². The van der Waals surface area contributed by atoms with Gasteiger partial charge in [0.15, 0.2) is 0 Å². The van der Waals surface area contributed by atoms with Crippen LogP contribution in [0.25, 0.3) is 0 Å². The summed E-state index contributed by atoms with van der Waals surface area (Å²) in [7, 11) is -4.38. The molecule has 0 aromatic heterocycles. The molecular formula is C48H83NO5S. The predicted octanol–water partition coefficient (Wildman–Crippen LogP) is 13.6. The van der Waals surface area contributed by atoms with Crippen molar-refractivity contribution in [3.63, 3.8) is 0 Å². The predicted molar refractivity (Wildman–Crippen MR) is 239 cm³/mol. The molecule has 2 atom stereocenters. The van der Waals surface area contributed by atoms with E-state index in [0.717, 1.165) is 57.8 Å². The molecule has 1 amide bonds. The molecule has 3 N–H and O–H groups in total. The lowest BCUT2D eigenvalue weighted by Crippen LogP contribution is -2.46. The molecule has 0 saturated heterocycles. The van der Waals surface area contributed by atoms with Gasteiger partial charge in [-0.15, -0.1) is 0 Å². The minimum atomic E-state index is -4.38. The highest BCUT2D eigenvalue weighted by molar-refractivity contribution is 7.85. The summed E-state index contributed by atoms with van der Waals surface area (Å²) in [5.41, 5.74) is 0. The number of hydrogen-bond acceptors (Lipinski definition) is 4. The van der Waals surface area contributed by atoms with Crippen LogP contribution >= 0.6 is 0 Å². The fourth-order valence-electron chi connectivity index (χ4n) is 6.30. The van der Waals surface area contributed by atoms with Gasteiger partial charge in [0.25, 0.3) is 10.1 Å². The van der Waals surface area contributed by atoms with E-state index in [4.69, 9.17) is 0 Å². The zero-order valence-electron chi connectivity index (χ0n) is 35.3. The largest absolute Gasteiger partial charge is 0.387 e. The average Bonchev–Trinajstić information content (AvgIpc) is 3.15. The summed E-state index contributed by atoms with van der Waals surface area (Å²) < 4.78 is 32.5. The van der Waals surface area contributed by atoms with Gasteiger partial charge in [-0.1, -0.05) is 214 Å². The van der Waals surface area contributed by atoms with E-state index in [-0.39, 0.29) is 12.3 Å². The van der Waals surface area contributed by atoms with Crippen LogP contribution in [0.15, 0.2) is 85.1 Å². The highest BCUT2D eigenvalue weighted by Crippen LogP contribution is 2.15. The molecule has 0 radical (unpaired) electrons. The van der Waals surface area contributed by atoms with Crippen molar-refractivity contribution in [1.82, 2.24) is 5.32 Å². The topological polar surface area (TPSA) is 104 Å². The van der Waals surface area contributed by atoms with Crippen molar-refractivity contribution in [2.75, 3.05) is 5.75 Å². The molecule has 0 aliphatic carbocycles. The maximum Gasteiger partial charge on any atom is 0.267 e. The molecule has 7 heteroatoms. The standard InChI is InChI=1S/C48H83NO5S/c1-3-5-7-9-11-13-15-17-19-21-23-24-26-27-29-31-33-35-37-39-41-43-47(50)46(45-55(52,53)54)49-48(51)44-42-40-38-36-34-32-30-28-25-22-20-18-16-14-12-10-8-6-4-2/h6,8,12,14,18,20,25,28,32,34,38,40-41,43,46-47,50H,3-5,7,9-11,13,15-17,19,21-24,26-27,29-31,33,35-37,39,42,44-45H2,1-2H3,(H,49,51)(H,52,53,54)/b8-6-,14-12-,20-18-,28-25-,34-32-,40-38-,43-41+. The molecule has 0 aromatic rings. The van der Waals surface area contributed by atoms with Crippen molar-refractivity contribution >= 4 is 16.0 Å². The van der Waals surface area contributed by atoms with Gasteiger partial charge >= 0.3 is 0 Å². The fraction of sp³-hybridized carbons (Fsp3) is 0.688. The first-order chi connectivity index (χ1) is 26.8. The Morgan fingerprint density at radius 3 is 1.25 bits per heavy atom. The van der Waals surface area contributed by atoms with Gasteiger partial charge in [-0.25, -0.2) is 0 Å².